The van der Waals surface area contributed by atoms with Gasteiger partial charge in [-0.25, -0.2) is 0 Å². The number of halogens is 4. The molecule has 2 nitrogen and oxygen atoms in total. The number of benzene rings is 1. The lowest BCUT2D eigenvalue weighted by molar-refractivity contribution is -0.138. The molecule has 0 amide bonds. The summed E-state index contributed by atoms with van der Waals surface area (Å²) in [5.41, 5.74) is 4.45. The Morgan fingerprint density at radius 1 is 1.36 bits per heavy atom. The maximum Gasteiger partial charge on any atom is 0.416 e. The van der Waals surface area contributed by atoms with Gasteiger partial charge >= 0.3 is 6.18 Å². The minimum absolute atomic E-state index is 0.169. The van der Waals surface area contributed by atoms with Crippen LogP contribution in [0.15, 0.2) is 16.6 Å². The first kappa shape index (κ1) is 11.3. The summed E-state index contributed by atoms with van der Waals surface area (Å²) in [5.74, 6) is 0. The van der Waals surface area contributed by atoms with Crippen molar-refractivity contribution in [3.8, 4) is 0 Å². The van der Waals surface area contributed by atoms with E-state index in [9.17, 15) is 13.2 Å². The summed E-state index contributed by atoms with van der Waals surface area (Å²) < 4.78 is 37.3. The topological polar surface area (TPSA) is 46.2 Å². The van der Waals surface area contributed by atoms with Gasteiger partial charge in [-0.2, -0.15) is 13.2 Å². The van der Waals surface area contributed by atoms with E-state index in [-0.39, 0.29) is 15.7 Å². The molecule has 0 saturated carbocycles. The minimum Gasteiger partial charge on any atom is -0.398 e. The number of hydrogen-bond donors (Lipinski definition) is 2. The molecule has 0 aliphatic rings. The molecule has 0 fully saturated rings. The van der Waals surface area contributed by atoms with E-state index in [1.165, 1.54) is 0 Å². The number of aliphatic hydroxyl groups is 1. The molecular weight excluding hydrogens is 263 g/mol. The van der Waals surface area contributed by atoms with E-state index in [1.807, 2.05) is 0 Å². The van der Waals surface area contributed by atoms with Gasteiger partial charge in [-0.05, 0) is 33.6 Å². The number of aliphatic hydroxyl groups excluding tert-OH is 1. The Bertz CT molecular complexity index is 351. The number of hydrogen-bond acceptors (Lipinski definition) is 2. The highest BCUT2D eigenvalue weighted by atomic mass is 79.9. The monoisotopic (exact) mass is 269 g/mol. The van der Waals surface area contributed by atoms with Crippen LogP contribution in [0, 0.1) is 0 Å². The lowest BCUT2D eigenvalue weighted by Gasteiger charge is -2.12. The van der Waals surface area contributed by atoms with Crippen LogP contribution in [0.1, 0.15) is 11.1 Å². The summed E-state index contributed by atoms with van der Waals surface area (Å²) in [5, 5.41) is 8.73. The van der Waals surface area contributed by atoms with Crippen molar-refractivity contribution in [2.45, 2.75) is 12.8 Å². The molecule has 0 aromatic heterocycles. The average Bonchev–Trinajstić information content (AvgIpc) is 2.07. The average molecular weight is 270 g/mol. The lowest BCUT2D eigenvalue weighted by atomic mass is 10.1. The van der Waals surface area contributed by atoms with E-state index in [0.29, 0.717) is 0 Å². The summed E-state index contributed by atoms with van der Waals surface area (Å²) in [6.45, 7) is -0.688. The zero-order valence-electron chi connectivity index (χ0n) is 6.90. The van der Waals surface area contributed by atoms with Crippen LogP contribution >= 0.6 is 15.9 Å². The highest BCUT2D eigenvalue weighted by Gasteiger charge is 2.33. The highest BCUT2D eigenvalue weighted by Crippen LogP contribution is 2.36. The van der Waals surface area contributed by atoms with Crippen LogP contribution < -0.4 is 5.73 Å². The predicted molar refractivity (Wildman–Crippen MR) is 49.5 cm³/mol. The van der Waals surface area contributed by atoms with Gasteiger partial charge in [0.25, 0.3) is 0 Å². The van der Waals surface area contributed by atoms with Crippen LogP contribution in [-0.4, -0.2) is 5.11 Å². The molecule has 0 aliphatic carbocycles. The first-order valence-electron chi connectivity index (χ1n) is 3.62. The van der Waals surface area contributed by atoms with E-state index in [4.69, 9.17) is 10.8 Å². The Hall–Kier alpha value is -0.750. The molecule has 6 heteroatoms. The molecule has 0 radical (unpaired) electrons. The molecule has 3 N–H and O–H groups in total. The van der Waals surface area contributed by atoms with Gasteiger partial charge in [0.2, 0.25) is 0 Å². The SMILES string of the molecule is Nc1cc(CO)c(C(F)(F)F)cc1Br. The van der Waals surface area contributed by atoms with Crippen molar-refractivity contribution < 1.29 is 18.3 Å². The lowest BCUT2D eigenvalue weighted by Crippen LogP contribution is -2.10. The Kier molecular flexibility index (Phi) is 3.06. The van der Waals surface area contributed by atoms with Gasteiger partial charge in [-0.3, -0.25) is 0 Å². The van der Waals surface area contributed by atoms with Crippen molar-refractivity contribution in [1.29, 1.82) is 0 Å². The highest BCUT2D eigenvalue weighted by molar-refractivity contribution is 9.10. The Morgan fingerprint density at radius 2 is 1.93 bits per heavy atom. The molecule has 78 valence electrons. The molecular formula is C8H7BrF3NO. The summed E-state index contributed by atoms with van der Waals surface area (Å²) in [7, 11) is 0. The zero-order valence-corrected chi connectivity index (χ0v) is 8.48. The number of nitrogens with two attached hydrogens (primary N) is 1. The second-order valence-electron chi connectivity index (χ2n) is 2.69. The van der Waals surface area contributed by atoms with Crippen molar-refractivity contribution >= 4 is 21.6 Å². The van der Waals surface area contributed by atoms with Crippen LogP contribution in [0.2, 0.25) is 0 Å². The molecule has 0 bridgehead atoms. The van der Waals surface area contributed by atoms with Crippen molar-refractivity contribution in [3.63, 3.8) is 0 Å². The van der Waals surface area contributed by atoms with E-state index in [1.54, 1.807) is 0 Å². The summed E-state index contributed by atoms with van der Waals surface area (Å²) >= 11 is 2.90. The predicted octanol–water partition coefficient (Wildman–Crippen LogP) is 2.54. The molecule has 0 heterocycles. The van der Waals surface area contributed by atoms with Crippen molar-refractivity contribution in [1.82, 2.24) is 0 Å². The van der Waals surface area contributed by atoms with Crippen LogP contribution in [0.3, 0.4) is 0 Å². The molecule has 0 aliphatic heterocycles. The third-order valence-corrected chi connectivity index (χ3v) is 2.39. The summed E-state index contributed by atoms with van der Waals surface area (Å²) in [6, 6.07) is 1.97. The molecule has 0 spiro atoms. The van der Waals surface area contributed by atoms with Crippen LogP contribution in [0.5, 0.6) is 0 Å². The van der Waals surface area contributed by atoms with Gasteiger partial charge in [0, 0.05) is 10.2 Å². The van der Waals surface area contributed by atoms with E-state index in [0.717, 1.165) is 12.1 Å². The van der Waals surface area contributed by atoms with Crippen molar-refractivity contribution in [2.75, 3.05) is 5.73 Å². The molecule has 1 aromatic carbocycles. The van der Waals surface area contributed by atoms with Gasteiger partial charge in [0.1, 0.15) is 0 Å². The molecule has 14 heavy (non-hydrogen) atoms. The second kappa shape index (κ2) is 3.78. The number of alkyl halides is 3. The second-order valence-corrected chi connectivity index (χ2v) is 3.54. The maximum atomic E-state index is 12.4. The smallest absolute Gasteiger partial charge is 0.398 e. The fourth-order valence-electron chi connectivity index (χ4n) is 1.03. The fourth-order valence-corrected chi connectivity index (χ4v) is 1.38. The van der Waals surface area contributed by atoms with Gasteiger partial charge in [0.15, 0.2) is 0 Å². The van der Waals surface area contributed by atoms with E-state index in [2.05, 4.69) is 15.9 Å². The van der Waals surface area contributed by atoms with E-state index >= 15 is 0 Å². The number of rotatable bonds is 1. The molecule has 1 rings (SSSR count). The molecule has 0 saturated heterocycles. The first-order valence-corrected chi connectivity index (χ1v) is 4.41. The van der Waals surface area contributed by atoms with Gasteiger partial charge < -0.3 is 10.8 Å². The normalized spacial score (nSPS) is 11.8. The van der Waals surface area contributed by atoms with Crippen molar-refractivity contribution in [3.05, 3.63) is 27.7 Å². The first-order chi connectivity index (χ1) is 6.36. The maximum absolute atomic E-state index is 12.4. The van der Waals surface area contributed by atoms with Crippen LogP contribution in [-0.2, 0) is 12.8 Å². The largest absolute Gasteiger partial charge is 0.416 e. The fraction of sp³-hybridized carbons (Fsp3) is 0.250. The van der Waals surface area contributed by atoms with Gasteiger partial charge in [0.05, 0.1) is 12.2 Å². The summed E-state index contributed by atoms with van der Waals surface area (Å²) in [6.07, 6.45) is -4.48. The number of anilines is 1. The molecule has 1 aromatic rings. The molecule has 0 atom stereocenters. The third-order valence-electron chi connectivity index (χ3n) is 1.70. The zero-order chi connectivity index (χ0) is 10.9. The Balaban J connectivity index is 3.35. The standard InChI is InChI=1S/C8H7BrF3NO/c9-6-2-5(8(10,11)12)4(3-14)1-7(6)13/h1-2,14H,3,13H2. The van der Waals surface area contributed by atoms with Gasteiger partial charge in [-0.1, -0.05) is 0 Å². The Morgan fingerprint density at radius 3 is 2.36 bits per heavy atom. The molecule has 0 unspecified atom stereocenters. The van der Waals surface area contributed by atoms with Crippen LogP contribution in [0.25, 0.3) is 0 Å². The van der Waals surface area contributed by atoms with Crippen molar-refractivity contribution in [2.24, 2.45) is 0 Å². The van der Waals surface area contributed by atoms with Gasteiger partial charge in [-0.15, -0.1) is 0 Å². The number of nitrogen functional groups attached to an aromatic ring is 1. The van der Waals surface area contributed by atoms with Crippen LogP contribution in [0.4, 0.5) is 18.9 Å². The minimum atomic E-state index is -4.48. The Labute approximate surface area is 86.7 Å². The van der Waals surface area contributed by atoms with E-state index < -0.39 is 18.3 Å². The summed E-state index contributed by atoms with van der Waals surface area (Å²) in [4.78, 5) is 0. The quantitative estimate of drug-likeness (QED) is 0.770. The third kappa shape index (κ3) is 2.19.